The monoisotopic (exact) mass is 414 g/mol. The van der Waals surface area contributed by atoms with Crippen molar-refractivity contribution in [3.8, 4) is 5.95 Å². The predicted octanol–water partition coefficient (Wildman–Crippen LogP) is 3.37. The van der Waals surface area contributed by atoms with Crippen LogP contribution in [0.15, 0.2) is 55.0 Å². The molecule has 2 aromatic heterocycles. The van der Waals surface area contributed by atoms with Crippen molar-refractivity contribution in [3.63, 3.8) is 0 Å². The minimum Gasteiger partial charge on any atom is -0.367 e. The maximum atomic E-state index is 13.9. The molecule has 0 spiro atoms. The molecule has 8 heteroatoms. The highest BCUT2D eigenvalue weighted by molar-refractivity contribution is 5.85. The van der Waals surface area contributed by atoms with E-state index in [0.717, 1.165) is 44.0 Å². The number of hydrogen-bond acceptors (Lipinski definition) is 5. The summed E-state index contributed by atoms with van der Waals surface area (Å²) in [7, 11) is 0. The zero-order chi connectivity index (χ0) is 19.3. The second-order valence-electron chi connectivity index (χ2n) is 6.79. The molecule has 1 saturated heterocycles. The highest BCUT2D eigenvalue weighted by Crippen LogP contribution is 2.20. The first kappa shape index (κ1) is 21.0. The average molecular weight is 415 g/mol. The molecule has 152 valence electrons. The van der Waals surface area contributed by atoms with Gasteiger partial charge in [0.25, 0.3) is 5.95 Å². The van der Waals surface area contributed by atoms with E-state index < -0.39 is 0 Å². The van der Waals surface area contributed by atoms with Crippen LogP contribution in [0.3, 0.4) is 0 Å². The molecular weight excluding hydrogens is 391 g/mol. The van der Waals surface area contributed by atoms with Crippen molar-refractivity contribution < 1.29 is 4.39 Å². The van der Waals surface area contributed by atoms with Crippen LogP contribution in [-0.4, -0.2) is 57.4 Å². The van der Waals surface area contributed by atoms with Crippen LogP contribution in [0.4, 0.5) is 10.1 Å². The van der Waals surface area contributed by atoms with Gasteiger partial charge in [0.2, 0.25) is 0 Å². The van der Waals surface area contributed by atoms with Gasteiger partial charge in [-0.25, -0.2) is 19.0 Å². The van der Waals surface area contributed by atoms with Crippen LogP contribution in [0.2, 0.25) is 0 Å². The number of halogens is 2. The lowest BCUT2D eigenvalue weighted by atomic mass is 10.2. The van der Waals surface area contributed by atoms with Gasteiger partial charge in [-0.15, -0.1) is 12.4 Å². The number of hydrogen-bond donors (Lipinski definition) is 0. The third-order valence-corrected chi connectivity index (χ3v) is 5.02. The Balaban J connectivity index is 0.00000240. The molecule has 3 heterocycles. The molecule has 1 fully saturated rings. The first-order chi connectivity index (χ1) is 13.7. The van der Waals surface area contributed by atoms with Gasteiger partial charge in [0.05, 0.1) is 17.6 Å². The van der Waals surface area contributed by atoms with Crippen LogP contribution >= 0.6 is 12.4 Å². The van der Waals surface area contributed by atoms with Gasteiger partial charge in [-0.2, -0.15) is 5.10 Å². The normalized spacial score (nSPS) is 14.9. The third kappa shape index (κ3) is 4.81. The Morgan fingerprint density at radius 2 is 1.76 bits per heavy atom. The summed E-state index contributed by atoms with van der Waals surface area (Å²) in [5.41, 5.74) is 2.76. The van der Waals surface area contributed by atoms with Crippen molar-refractivity contribution in [3.05, 3.63) is 72.1 Å². The Morgan fingerprint density at radius 3 is 2.48 bits per heavy atom. The minimum atomic E-state index is -0.147. The summed E-state index contributed by atoms with van der Waals surface area (Å²) in [5.74, 6) is 0.426. The van der Waals surface area contributed by atoms with Gasteiger partial charge in [0, 0.05) is 50.7 Å². The topological polar surface area (TPSA) is 50.1 Å². The van der Waals surface area contributed by atoms with Crippen LogP contribution in [-0.2, 0) is 0 Å². The summed E-state index contributed by atoms with van der Waals surface area (Å²) >= 11 is 0. The Hall–Kier alpha value is -2.77. The van der Waals surface area contributed by atoms with Gasteiger partial charge in [-0.1, -0.05) is 24.3 Å². The Morgan fingerprint density at radius 1 is 1.03 bits per heavy atom. The molecule has 0 saturated carbocycles. The maximum absolute atomic E-state index is 13.9. The van der Waals surface area contributed by atoms with E-state index in [1.807, 2.05) is 25.3 Å². The fourth-order valence-electron chi connectivity index (χ4n) is 3.40. The van der Waals surface area contributed by atoms with Crippen LogP contribution in [0, 0.1) is 12.7 Å². The molecule has 3 aromatic rings. The van der Waals surface area contributed by atoms with Gasteiger partial charge < -0.3 is 4.90 Å². The van der Waals surface area contributed by atoms with Gasteiger partial charge in [0.15, 0.2) is 0 Å². The van der Waals surface area contributed by atoms with Crippen molar-refractivity contribution in [1.82, 2.24) is 24.6 Å². The smallest absolute Gasteiger partial charge is 0.250 e. The number of piperazine rings is 1. The average Bonchev–Trinajstić information content (AvgIpc) is 3.10. The second kappa shape index (κ2) is 9.62. The molecule has 4 rings (SSSR count). The molecule has 0 aliphatic carbocycles. The highest BCUT2D eigenvalue weighted by atomic mass is 35.5. The molecule has 1 aromatic carbocycles. The standard InChI is InChI=1S/C21H23FN6.ClH/c1-17-18(16-25-28(17)21-23-9-5-10-24-21)6-4-11-26-12-14-27(15-13-26)20-8-3-2-7-19(20)22;/h2-10,16H,11-15H2,1H3;1H/b6-4+;. The van der Waals surface area contributed by atoms with Crippen molar-refractivity contribution in [2.75, 3.05) is 37.6 Å². The third-order valence-electron chi connectivity index (χ3n) is 5.02. The van der Waals surface area contributed by atoms with Crippen LogP contribution in [0.1, 0.15) is 11.3 Å². The van der Waals surface area contributed by atoms with Crippen LogP contribution in [0.25, 0.3) is 12.0 Å². The van der Waals surface area contributed by atoms with E-state index in [2.05, 4.69) is 37.0 Å². The maximum Gasteiger partial charge on any atom is 0.250 e. The van der Waals surface area contributed by atoms with E-state index in [9.17, 15) is 4.39 Å². The van der Waals surface area contributed by atoms with Crippen molar-refractivity contribution in [2.45, 2.75) is 6.92 Å². The summed E-state index contributed by atoms with van der Waals surface area (Å²) in [6, 6.07) is 8.77. The zero-order valence-electron chi connectivity index (χ0n) is 16.3. The quantitative estimate of drug-likeness (QED) is 0.640. The molecule has 0 bridgehead atoms. The summed E-state index contributed by atoms with van der Waals surface area (Å²) in [5, 5.41) is 4.39. The molecule has 0 radical (unpaired) electrons. The lowest BCUT2D eigenvalue weighted by Crippen LogP contribution is -2.46. The Kier molecular flexibility index (Phi) is 6.95. The second-order valence-corrected chi connectivity index (χ2v) is 6.79. The van der Waals surface area contributed by atoms with Gasteiger partial charge in [-0.05, 0) is 25.1 Å². The fraction of sp³-hybridized carbons (Fsp3) is 0.286. The molecular formula is C21H24ClFN6. The Bertz CT molecular complexity index is 951. The van der Waals surface area contributed by atoms with Crippen LogP contribution in [0.5, 0.6) is 0 Å². The molecule has 0 amide bonds. The van der Waals surface area contributed by atoms with E-state index in [1.54, 1.807) is 29.2 Å². The van der Waals surface area contributed by atoms with Crippen LogP contribution < -0.4 is 4.90 Å². The van der Waals surface area contributed by atoms with Crippen molar-refractivity contribution in [2.24, 2.45) is 0 Å². The largest absolute Gasteiger partial charge is 0.367 e. The first-order valence-corrected chi connectivity index (χ1v) is 9.43. The molecule has 1 aliphatic rings. The summed E-state index contributed by atoms with van der Waals surface area (Å²) < 4.78 is 15.7. The predicted molar refractivity (Wildman–Crippen MR) is 115 cm³/mol. The molecule has 1 aliphatic heterocycles. The molecule has 0 unspecified atom stereocenters. The van der Waals surface area contributed by atoms with Crippen molar-refractivity contribution in [1.29, 1.82) is 0 Å². The summed E-state index contributed by atoms with van der Waals surface area (Å²) in [6.07, 6.45) is 9.49. The first-order valence-electron chi connectivity index (χ1n) is 9.43. The van der Waals surface area contributed by atoms with Gasteiger partial charge in [0.1, 0.15) is 5.82 Å². The van der Waals surface area contributed by atoms with Gasteiger partial charge in [-0.3, -0.25) is 4.90 Å². The number of rotatable bonds is 5. The number of benzene rings is 1. The van der Waals surface area contributed by atoms with E-state index >= 15 is 0 Å². The number of nitrogens with zero attached hydrogens (tertiary/aromatic N) is 6. The molecule has 6 nitrogen and oxygen atoms in total. The molecule has 0 atom stereocenters. The SMILES string of the molecule is Cc1c(/C=C/CN2CCN(c3ccccc3F)CC2)cnn1-c1ncccn1.Cl. The highest BCUT2D eigenvalue weighted by Gasteiger charge is 2.18. The lowest BCUT2D eigenvalue weighted by Gasteiger charge is -2.35. The lowest BCUT2D eigenvalue weighted by molar-refractivity contribution is 0.283. The fourth-order valence-corrected chi connectivity index (χ4v) is 3.40. The van der Waals surface area contributed by atoms with E-state index in [-0.39, 0.29) is 18.2 Å². The van der Waals surface area contributed by atoms with E-state index in [0.29, 0.717) is 11.6 Å². The molecule has 29 heavy (non-hydrogen) atoms. The number of para-hydroxylation sites is 1. The van der Waals surface area contributed by atoms with Crippen molar-refractivity contribution >= 4 is 24.2 Å². The number of anilines is 1. The molecule has 0 N–H and O–H groups in total. The van der Waals surface area contributed by atoms with E-state index in [4.69, 9.17) is 0 Å². The van der Waals surface area contributed by atoms with Gasteiger partial charge >= 0.3 is 0 Å². The summed E-state index contributed by atoms with van der Waals surface area (Å²) in [4.78, 5) is 13.0. The number of aromatic nitrogens is 4. The Labute approximate surface area is 176 Å². The zero-order valence-corrected chi connectivity index (χ0v) is 17.1. The minimum absolute atomic E-state index is 0. The van der Waals surface area contributed by atoms with E-state index in [1.165, 1.54) is 6.07 Å². The summed E-state index contributed by atoms with van der Waals surface area (Å²) in [6.45, 7) is 6.35.